The molecule has 0 radical (unpaired) electrons. The predicted molar refractivity (Wildman–Crippen MR) is 85.3 cm³/mol. The number of nitrogens with one attached hydrogen (secondary N) is 1. The summed E-state index contributed by atoms with van der Waals surface area (Å²) in [5.74, 6) is 0. The Balaban J connectivity index is 2.02. The second-order valence-electron chi connectivity index (χ2n) is 5.00. The first-order valence-electron chi connectivity index (χ1n) is 6.92. The average Bonchev–Trinajstić information content (AvgIpc) is 2.99. The lowest BCUT2D eigenvalue weighted by Crippen LogP contribution is -2.25. The molecule has 0 aliphatic rings. The molecule has 0 spiro atoms. The molecule has 0 saturated carbocycles. The smallest absolute Gasteiger partial charge is 0.250 e. The molecule has 2 aromatic rings. The Morgan fingerprint density at radius 3 is 2.57 bits per heavy atom. The van der Waals surface area contributed by atoms with Gasteiger partial charge in [-0.25, -0.2) is 13.1 Å². The third kappa shape index (κ3) is 3.53. The van der Waals surface area contributed by atoms with Gasteiger partial charge in [0, 0.05) is 24.2 Å². The van der Waals surface area contributed by atoms with E-state index in [1.165, 1.54) is 11.3 Å². The fourth-order valence-corrected chi connectivity index (χ4v) is 4.63. The molecule has 21 heavy (non-hydrogen) atoms. The van der Waals surface area contributed by atoms with Gasteiger partial charge in [0.15, 0.2) is 0 Å². The number of hydrogen-bond donors (Lipinski definition) is 1. The van der Waals surface area contributed by atoms with Crippen LogP contribution in [0.4, 0.5) is 0 Å². The zero-order valence-corrected chi connectivity index (χ0v) is 14.4. The van der Waals surface area contributed by atoms with Crippen LogP contribution >= 0.6 is 11.3 Å². The summed E-state index contributed by atoms with van der Waals surface area (Å²) in [6.45, 7) is 6.35. The van der Waals surface area contributed by atoms with Crippen LogP contribution in [0.2, 0.25) is 0 Å². The topological polar surface area (TPSA) is 64.0 Å². The highest BCUT2D eigenvalue weighted by atomic mass is 32.2. The maximum Gasteiger partial charge on any atom is 0.250 e. The Labute approximate surface area is 130 Å². The highest BCUT2D eigenvalue weighted by Crippen LogP contribution is 2.21. The molecule has 1 N–H and O–H groups in total. The number of aromatic nitrogens is 2. The summed E-state index contributed by atoms with van der Waals surface area (Å²) in [6.07, 6.45) is 1.50. The third-order valence-electron chi connectivity index (χ3n) is 3.58. The van der Waals surface area contributed by atoms with Gasteiger partial charge in [0.2, 0.25) is 10.0 Å². The average molecular weight is 327 g/mol. The number of aryl methyl sites for hydroxylation is 3. The van der Waals surface area contributed by atoms with Crippen LogP contribution in [-0.4, -0.2) is 24.7 Å². The van der Waals surface area contributed by atoms with Gasteiger partial charge in [-0.1, -0.05) is 6.92 Å². The molecule has 0 saturated heterocycles. The fourth-order valence-electron chi connectivity index (χ4n) is 2.25. The van der Waals surface area contributed by atoms with E-state index in [0.29, 0.717) is 17.2 Å². The molecule has 2 rings (SSSR count). The van der Waals surface area contributed by atoms with E-state index in [2.05, 4.69) is 9.82 Å². The summed E-state index contributed by atoms with van der Waals surface area (Å²) in [7, 11) is -1.50. The van der Waals surface area contributed by atoms with Crippen LogP contribution in [0.1, 0.15) is 28.8 Å². The molecule has 0 fully saturated rings. The van der Waals surface area contributed by atoms with Gasteiger partial charge in [-0.3, -0.25) is 4.68 Å². The molecule has 0 atom stereocenters. The van der Waals surface area contributed by atoms with Crippen LogP contribution < -0.4 is 4.72 Å². The normalized spacial score (nSPS) is 12.0. The molecule has 0 bridgehead atoms. The van der Waals surface area contributed by atoms with Crippen molar-refractivity contribution in [3.63, 3.8) is 0 Å². The predicted octanol–water partition coefficient (Wildman–Crippen LogP) is 2.18. The van der Waals surface area contributed by atoms with Crippen molar-refractivity contribution in [2.45, 2.75) is 37.8 Å². The first-order chi connectivity index (χ1) is 9.85. The Hall–Kier alpha value is -1.18. The number of rotatable bonds is 6. The standard InChI is InChI=1S/C14H21N3O2S2/c1-5-12-6-7-14(20-12)21(18,19)15-9-8-13-10(2)16-17(4)11(13)3/h6-7,15H,5,8-9H2,1-4H3. The quantitative estimate of drug-likeness (QED) is 0.884. The second kappa shape index (κ2) is 6.29. The van der Waals surface area contributed by atoms with E-state index in [4.69, 9.17) is 0 Å². The summed E-state index contributed by atoms with van der Waals surface area (Å²) < 4.78 is 29.3. The number of hydrogen-bond acceptors (Lipinski definition) is 4. The summed E-state index contributed by atoms with van der Waals surface area (Å²) >= 11 is 1.33. The van der Waals surface area contributed by atoms with Gasteiger partial charge in [0.25, 0.3) is 0 Å². The van der Waals surface area contributed by atoms with Gasteiger partial charge in [0.1, 0.15) is 4.21 Å². The Kier molecular flexibility index (Phi) is 4.85. The maximum absolute atomic E-state index is 12.2. The molecule has 2 aromatic heterocycles. The van der Waals surface area contributed by atoms with Gasteiger partial charge >= 0.3 is 0 Å². The second-order valence-corrected chi connectivity index (χ2v) is 8.16. The van der Waals surface area contributed by atoms with Crippen molar-refractivity contribution in [1.29, 1.82) is 0 Å². The van der Waals surface area contributed by atoms with Crippen LogP contribution in [0.3, 0.4) is 0 Å². The lowest BCUT2D eigenvalue weighted by atomic mass is 10.1. The van der Waals surface area contributed by atoms with Crippen molar-refractivity contribution >= 4 is 21.4 Å². The van der Waals surface area contributed by atoms with Gasteiger partial charge < -0.3 is 0 Å². The molecule has 0 aliphatic carbocycles. The minimum absolute atomic E-state index is 0.384. The monoisotopic (exact) mass is 327 g/mol. The Morgan fingerprint density at radius 1 is 1.33 bits per heavy atom. The van der Waals surface area contributed by atoms with Crippen molar-refractivity contribution in [2.24, 2.45) is 7.05 Å². The van der Waals surface area contributed by atoms with Gasteiger partial charge in [0.05, 0.1) is 5.69 Å². The van der Waals surface area contributed by atoms with Crippen molar-refractivity contribution in [2.75, 3.05) is 6.54 Å². The number of nitrogens with zero attached hydrogens (tertiary/aromatic N) is 2. The van der Waals surface area contributed by atoms with Crippen molar-refractivity contribution < 1.29 is 8.42 Å². The first kappa shape index (κ1) is 16.2. The zero-order valence-electron chi connectivity index (χ0n) is 12.8. The molecule has 0 aromatic carbocycles. The molecular formula is C14H21N3O2S2. The van der Waals surface area contributed by atoms with E-state index in [1.54, 1.807) is 6.07 Å². The lowest BCUT2D eigenvalue weighted by Gasteiger charge is -2.05. The molecular weight excluding hydrogens is 306 g/mol. The van der Waals surface area contributed by atoms with Gasteiger partial charge in [-0.05, 0) is 44.4 Å². The van der Waals surface area contributed by atoms with Crippen LogP contribution in [0.25, 0.3) is 0 Å². The summed E-state index contributed by atoms with van der Waals surface area (Å²) in [4.78, 5) is 1.08. The van der Waals surface area contributed by atoms with Crippen molar-refractivity contribution in [3.8, 4) is 0 Å². The summed E-state index contributed by atoms with van der Waals surface area (Å²) in [6, 6.07) is 3.54. The highest BCUT2D eigenvalue weighted by Gasteiger charge is 2.17. The van der Waals surface area contributed by atoms with E-state index >= 15 is 0 Å². The Morgan fingerprint density at radius 2 is 2.05 bits per heavy atom. The molecule has 7 heteroatoms. The zero-order chi connectivity index (χ0) is 15.6. The van der Waals surface area contributed by atoms with Crippen molar-refractivity contribution in [1.82, 2.24) is 14.5 Å². The number of sulfonamides is 1. The van der Waals surface area contributed by atoms with E-state index in [1.807, 2.05) is 38.6 Å². The van der Waals surface area contributed by atoms with Crippen LogP contribution in [-0.2, 0) is 29.9 Å². The molecule has 116 valence electrons. The molecule has 0 unspecified atom stereocenters. The minimum atomic E-state index is -3.40. The van der Waals surface area contributed by atoms with E-state index in [-0.39, 0.29) is 0 Å². The van der Waals surface area contributed by atoms with Crippen molar-refractivity contribution in [3.05, 3.63) is 34.0 Å². The summed E-state index contributed by atoms with van der Waals surface area (Å²) in [5.41, 5.74) is 3.15. The first-order valence-corrected chi connectivity index (χ1v) is 9.22. The SMILES string of the molecule is CCc1ccc(S(=O)(=O)NCCc2c(C)nn(C)c2C)s1. The van der Waals surface area contributed by atoms with Gasteiger partial charge in [-0.15, -0.1) is 11.3 Å². The number of thiophene rings is 1. The van der Waals surface area contributed by atoms with Crippen LogP contribution in [0.15, 0.2) is 16.3 Å². The van der Waals surface area contributed by atoms with E-state index in [9.17, 15) is 8.42 Å². The van der Waals surface area contributed by atoms with Crippen LogP contribution in [0, 0.1) is 13.8 Å². The van der Waals surface area contributed by atoms with E-state index < -0.39 is 10.0 Å². The molecule has 0 aliphatic heterocycles. The fraction of sp³-hybridized carbons (Fsp3) is 0.500. The van der Waals surface area contributed by atoms with E-state index in [0.717, 1.165) is 28.2 Å². The minimum Gasteiger partial charge on any atom is -0.272 e. The maximum atomic E-state index is 12.2. The molecule has 0 amide bonds. The highest BCUT2D eigenvalue weighted by molar-refractivity contribution is 7.91. The third-order valence-corrected chi connectivity index (χ3v) is 6.76. The lowest BCUT2D eigenvalue weighted by molar-refractivity contribution is 0.583. The Bertz CT molecular complexity index is 729. The molecule has 5 nitrogen and oxygen atoms in total. The summed E-state index contributed by atoms with van der Waals surface area (Å²) in [5, 5.41) is 4.34. The van der Waals surface area contributed by atoms with Crippen LogP contribution in [0.5, 0.6) is 0 Å². The van der Waals surface area contributed by atoms with Gasteiger partial charge in [-0.2, -0.15) is 5.10 Å². The molecule has 2 heterocycles. The largest absolute Gasteiger partial charge is 0.272 e.